The van der Waals surface area contributed by atoms with E-state index in [0.717, 1.165) is 17.7 Å². The monoisotopic (exact) mass is 478 g/mol. The van der Waals surface area contributed by atoms with Gasteiger partial charge in [0.15, 0.2) is 0 Å². The molecule has 0 aliphatic carbocycles. The highest BCUT2D eigenvalue weighted by molar-refractivity contribution is 7.92. The van der Waals surface area contributed by atoms with Gasteiger partial charge in [-0.15, -0.1) is 0 Å². The van der Waals surface area contributed by atoms with E-state index in [9.17, 15) is 22.0 Å². The molecule has 0 aromatic heterocycles. The fourth-order valence-corrected chi connectivity index (χ4v) is 4.89. The fraction of sp³-hybridized carbons (Fsp3) is 0.0385. The first kappa shape index (κ1) is 23.1. The topological polar surface area (TPSA) is 66.5 Å². The van der Waals surface area contributed by atoms with Crippen LogP contribution in [0.15, 0.2) is 108 Å². The summed E-state index contributed by atoms with van der Waals surface area (Å²) in [5, 5.41) is 2.18. The molecule has 0 atom stereocenters. The third kappa shape index (κ3) is 4.97. The molecule has 1 N–H and O–H groups in total. The maximum absolute atomic E-state index is 13.9. The highest BCUT2D eigenvalue weighted by Gasteiger charge is 2.26. The van der Waals surface area contributed by atoms with Crippen LogP contribution in [0.3, 0.4) is 0 Å². The highest BCUT2D eigenvalue weighted by Crippen LogP contribution is 2.27. The number of nitrogens with one attached hydrogen (secondary N) is 1. The number of halogens is 2. The zero-order valence-electron chi connectivity index (χ0n) is 17.9. The first-order valence-electron chi connectivity index (χ1n) is 10.3. The lowest BCUT2D eigenvalue weighted by atomic mass is 10.2. The van der Waals surface area contributed by atoms with Crippen LogP contribution in [-0.4, -0.2) is 14.3 Å². The Morgan fingerprint density at radius 3 is 2.00 bits per heavy atom. The third-order valence-electron chi connectivity index (χ3n) is 5.10. The van der Waals surface area contributed by atoms with Gasteiger partial charge >= 0.3 is 0 Å². The minimum absolute atomic E-state index is 0.0588. The van der Waals surface area contributed by atoms with E-state index in [4.69, 9.17) is 0 Å². The van der Waals surface area contributed by atoms with Crippen molar-refractivity contribution in [2.75, 3.05) is 9.62 Å². The number of sulfonamides is 1. The number of benzene rings is 4. The average Bonchev–Trinajstić information content (AvgIpc) is 2.86. The lowest BCUT2D eigenvalue weighted by molar-refractivity contribution is 0.102. The van der Waals surface area contributed by atoms with Crippen molar-refractivity contribution in [1.29, 1.82) is 0 Å². The van der Waals surface area contributed by atoms with Gasteiger partial charge in [0, 0.05) is 5.56 Å². The summed E-state index contributed by atoms with van der Waals surface area (Å²) in [6.07, 6.45) is 0. The van der Waals surface area contributed by atoms with E-state index in [1.54, 1.807) is 30.3 Å². The van der Waals surface area contributed by atoms with E-state index in [1.165, 1.54) is 34.6 Å². The van der Waals surface area contributed by atoms with Crippen molar-refractivity contribution in [1.82, 2.24) is 0 Å². The Kier molecular flexibility index (Phi) is 6.70. The molecule has 4 aromatic carbocycles. The van der Waals surface area contributed by atoms with Gasteiger partial charge in [-0.2, -0.15) is 0 Å². The summed E-state index contributed by atoms with van der Waals surface area (Å²) in [6, 6.07) is 26.3. The molecule has 0 spiro atoms. The number of hydrogen-bond acceptors (Lipinski definition) is 3. The Morgan fingerprint density at radius 2 is 1.35 bits per heavy atom. The van der Waals surface area contributed by atoms with Gasteiger partial charge in [-0.3, -0.25) is 9.10 Å². The molecular weight excluding hydrogens is 458 g/mol. The Labute approximate surface area is 196 Å². The molecule has 172 valence electrons. The van der Waals surface area contributed by atoms with E-state index in [-0.39, 0.29) is 17.0 Å². The Bertz CT molecular complexity index is 1390. The van der Waals surface area contributed by atoms with Crippen LogP contribution < -0.4 is 9.62 Å². The molecule has 0 aliphatic heterocycles. The third-order valence-corrected chi connectivity index (χ3v) is 6.87. The molecule has 8 heteroatoms. The summed E-state index contributed by atoms with van der Waals surface area (Å²) in [5.74, 6) is -2.71. The van der Waals surface area contributed by atoms with E-state index in [1.807, 2.05) is 30.3 Å². The van der Waals surface area contributed by atoms with Gasteiger partial charge in [-0.25, -0.2) is 17.2 Å². The van der Waals surface area contributed by atoms with E-state index < -0.39 is 33.3 Å². The molecule has 0 saturated carbocycles. The largest absolute Gasteiger partial charge is 0.317 e. The minimum Gasteiger partial charge on any atom is -0.317 e. The predicted octanol–water partition coefficient (Wildman–Crippen LogP) is 5.61. The second-order valence-electron chi connectivity index (χ2n) is 7.41. The maximum atomic E-state index is 13.9. The fourth-order valence-electron chi connectivity index (χ4n) is 3.39. The number of nitrogens with zero attached hydrogens (tertiary/aromatic N) is 1. The molecule has 0 heterocycles. The van der Waals surface area contributed by atoms with Crippen molar-refractivity contribution in [3.8, 4) is 0 Å². The second-order valence-corrected chi connectivity index (χ2v) is 9.27. The van der Waals surface area contributed by atoms with Crippen LogP contribution in [0.4, 0.5) is 20.2 Å². The summed E-state index contributed by atoms with van der Waals surface area (Å²) in [7, 11) is -4.09. The Balaban J connectivity index is 1.69. The van der Waals surface area contributed by atoms with Gasteiger partial charge in [0.05, 0.1) is 17.1 Å². The van der Waals surface area contributed by atoms with Gasteiger partial charge in [0.25, 0.3) is 15.9 Å². The molecular formula is C26H20F2N2O3S. The normalized spacial score (nSPS) is 11.1. The summed E-state index contributed by atoms with van der Waals surface area (Å²) < 4.78 is 56.4. The summed E-state index contributed by atoms with van der Waals surface area (Å²) in [5.41, 5.74) is 0.570. The molecule has 0 fully saturated rings. The minimum atomic E-state index is -4.09. The highest BCUT2D eigenvalue weighted by atomic mass is 32.2. The Morgan fingerprint density at radius 1 is 0.765 bits per heavy atom. The lowest BCUT2D eigenvalue weighted by Gasteiger charge is -2.25. The van der Waals surface area contributed by atoms with Crippen molar-refractivity contribution in [2.24, 2.45) is 0 Å². The summed E-state index contributed by atoms with van der Waals surface area (Å²) in [4.78, 5) is 12.5. The van der Waals surface area contributed by atoms with Gasteiger partial charge in [-0.05, 0) is 48.0 Å². The van der Waals surface area contributed by atoms with Crippen LogP contribution in [0, 0.1) is 11.6 Å². The molecule has 4 aromatic rings. The van der Waals surface area contributed by atoms with E-state index in [2.05, 4.69) is 5.32 Å². The van der Waals surface area contributed by atoms with Crippen molar-refractivity contribution in [2.45, 2.75) is 11.4 Å². The second kappa shape index (κ2) is 9.84. The van der Waals surface area contributed by atoms with E-state index >= 15 is 0 Å². The molecule has 0 saturated heterocycles. The van der Waals surface area contributed by atoms with Gasteiger partial charge in [-0.1, -0.05) is 60.7 Å². The smallest absolute Gasteiger partial charge is 0.264 e. The maximum Gasteiger partial charge on any atom is 0.264 e. The standard InChI is InChI=1S/C26H20F2N2O3S/c27-23-15-8-16-24(28)25(23)29-26(31)20-11-7-14-22(17-20)34(32,33)30(21-12-5-2-6-13-21)18-19-9-3-1-4-10-19/h1-17H,18H2,(H,29,31). The van der Waals surface area contributed by atoms with Crippen molar-refractivity contribution in [3.63, 3.8) is 0 Å². The zero-order valence-corrected chi connectivity index (χ0v) is 18.7. The van der Waals surface area contributed by atoms with Gasteiger partial charge in [0.1, 0.15) is 17.3 Å². The quantitative estimate of drug-likeness (QED) is 0.375. The molecule has 34 heavy (non-hydrogen) atoms. The molecule has 1 amide bonds. The summed E-state index contributed by atoms with van der Waals surface area (Å²) in [6.45, 7) is 0.0735. The van der Waals surface area contributed by atoms with Crippen LogP contribution >= 0.6 is 0 Å². The molecule has 0 radical (unpaired) electrons. The number of hydrogen-bond donors (Lipinski definition) is 1. The molecule has 5 nitrogen and oxygen atoms in total. The van der Waals surface area contributed by atoms with Crippen LogP contribution in [0.25, 0.3) is 0 Å². The van der Waals surface area contributed by atoms with Crippen LogP contribution in [-0.2, 0) is 16.6 Å². The number of carbonyl (C=O) groups is 1. The number of carbonyl (C=O) groups excluding carboxylic acids is 1. The Hall–Kier alpha value is -4.04. The van der Waals surface area contributed by atoms with Crippen molar-refractivity contribution < 1.29 is 22.0 Å². The van der Waals surface area contributed by atoms with Crippen molar-refractivity contribution >= 4 is 27.3 Å². The van der Waals surface area contributed by atoms with Gasteiger partial charge < -0.3 is 5.32 Å². The van der Waals surface area contributed by atoms with Crippen LogP contribution in [0.5, 0.6) is 0 Å². The average molecular weight is 479 g/mol. The van der Waals surface area contributed by atoms with Gasteiger partial charge in [0.2, 0.25) is 0 Å². The predicted molar refractivity (Wildman–Crippen MR) is 127 cm³/mol. The molecule has 4 rings (SSSR count). The lowest BCUT2D eigenvalue weighted by Crippen LogP contribution is -2.30. The first-order valence-corrected chi connectivity index (χ1v) is 11.8. The van der Waals surface area contributed by atoms with Crippen LogP contribution in [0.1, 0.15) is 15.9 Å². The van der Waals surface area contributed by atoms with Crippen LogP contribution in [0.2, 0.25) is 0 Å². The van der Waals surface area contributed by atoms with Crippen molar-refractivity contribution in [3.05, 3.63) is 126 Å². The molecule has 0 bridgehead atoms. The number of rotatable bonds is 7. The number of para-hydroxylation sites is 2. The first-order chi connectivity index (χ1) is 16.4. The number of anilines is 2. The number of amides is 1. The molecule has 0 unspecified atom stereocenters. The SMILES string of the molecule is O=C(Nc1c(F)cccc1F)c1cccc(S(=O)(=O)N(Cc2ccccc2)c2ccccc2)c1. The van der Waals surface area contributed by atoms with E-state index in [0.29, 0.717) is 5.69 Å². The zero-order chi connectivity index (χ0) is 24.1. The molecule has 0 aliphatic rings. The summed E-state index contributed by atoms with van der Waals surface area (Å²) >= 11 is 0.